The first-order chi connectivity index (χ1) is 17.2. The van der Waals surface area contributed by atoms with Crippen LogP contribution in [0.25, 0.3) is 11.3 Å². The molecule has 3 aliphatic heterocycles. The summed E-state index contributed by atoms with van der Waals surface area (Å²) in [6.45, 7) is 5.26. The second kappa shape index (κ2) is 9.41. The summed E-state index contributed by atoms with van der Waals surface area (Å²) in [5, 5.41) is 15.3. The Kier molecular flexibility index (Phi) is 5.97. The number of anilines is 1. The highest BCUT2D eigenvalue weighted by Crippen LogP contribution is 2.39. The Labute approximate surface area is 208 Å². The van der Waals surface area contributed by atoms with Gasteiger partial charge in [-0.05, 0) is 73.6 Å². The van der Waals surface area contributed by atoms with Crippen molar-refractivity contribution in [3.63, 3.8) is 0 Å². The molecular formula is C29H34N6. The van der Waals surface area contributed by atoms with E-state index in [1.807, 2.05) is 18.2 Å². The van der Waals surface area contributed by atoms with E-state index in [4.69, 9.17) is 0 Å². The van der Waals surface area contributed by atoms with E-state index in [2.05, 4.69) is 69.5 Å². The number of benzene rings is 2. The normalized spacial score (nSPS) is 22.7. The minimum atomic E-state index is 0.158. The molecule has 1 aliphatic carbocycles. The highest BCUT2D eigenvalue weighted by atomic mass is 15.7. The molecule has 1 saturated carbocycles. The van der Waals surface area contributed by atoms with Gasteiger partial charge in [-0.3, -0.25) is 9.91 Å². The first-order valence-electron chi connectivity index (χ1n) is 13.0. The molecule has 1 unspecified atom stereocenters. The van der Waals surface area contributed by atoms with Crippen LogP contribution in [0.15, 0.2) is 54.2 Å². The lowest BCUT2D eigenvalue weighted by Gasteiger charge is -2.32. The number of allylic oxidation sites excluding steroid dienone is 1. The van der Waals surface area contributed by atoms with Crippen LogP contribution in [0.2, 0.25) is 0 Å². The van der Waals surface area contributed by atoms with Crippen molar-refractivity contribution in [3.05, 3.63) is 76.5 Å². The summed E-state index contributed by atoms with van der Waals surface area (Å²) in [6.07, 6.45) is 10.1. The molecule has 2 aromatic carbocycles. The monoisotopic (exact) mass is 466 g/mol. The van der Waals surface area contributed by atoms with Crippen molar-refractivity contribution < 1.29 is 0 Å². The molecule has 1 fully saturated rings. The molecule has 180 valence electrons. The fourth-order valence-corrected chi connectivity index (χ4v) is 6.24. The Balaban J connectivity index is 1.34. The minimum absolute atomic E-state index is 0.158. The summed E-state index contributed by atoms with van der Waals surface area (Å²) >= 11 is 0. The van der Waals surface area contributed by atoms with E-state index in [9.17, 15) is 5.26 Å². The summed E-state index contributed by atoms with van der Waals surface area (Å²) in [5.41, 5.74) is 16.1. The molecule has 6 heteroatoms. The SMILES string of the molecule is CC1=C2c3ccc(C4=CCN(C5CCCC5)CC4)cc3C(Nc3cccc(C#N)c3)CCN2NN1. The Morgan fingerprint density at radius 1 is 1.06 bits per heavy atom. The molecule has 6 nitrogen and oxygen atoms in total. The third kappa shape index (κ3) is 4.31. The topological polar surface area (TPSA) is 66.4 Å². The van der Waals surface area contributed by atoms with Crippen LogP contribution < -0.4 is 16.3 Å². The summed E-state index contributed by atoms with van der Waals surface area (Å²) in [4.78, 5) is 2.69. The third-order valence-corrected chi connectivity index (χ3v) is 8.11. The quantitative estimate of drug-likeness (QED) is 0.578. The van der Waals surface area contributed by atoms with Crippen LogP contribution in [-0.4, -0.2) is 35.6 Å². The largest absolute Gasteiger partial charge is 0.378 e. The van der Waals surface area contributed by atoms with Crippen LogP contribution >= 0.6 is 0 Å². The zero-order valence-electron chi connectivity index (χ0n) is 20.5. The maximum atomic E-state index is 9.36. The summed E-state index contributed by atoms with van der Waals surface area (Å²) in [7, 11) is 0. The first kappa shape index (κ1) is 22.2. The van der Waals surface area contributed by atoms with Crippen molar-refractivity contribution in [2.45, 2.75) is 57.5 Å². The Hall–Kier alpha value is -3.27. The average Bonchev–Trinajstić information content (AvgIpc) is 3.53. The van der Waals surface area contributed by atoms with Gasteiger partial charge in [0.1, 0.15) is 0 Å². The Morgan fingerprint density at radius 3 is 2.74 bits per heavy atom. The summed E-state index contributed by atoms with van der Waals surface area (Å²) in [5.74, 6) is 0. The molecule has 3 heterocycles. The molecule has 0 amide bonds. The van der Waals surface area contributed by atoms with Gasteiger partial charge in [0.2, 0.25) is 0 Å². The van der Waals surface area contributed by atoms with E-state index in [-0.39, 0.29) is 6.04 Å². The van der Waals surface area contributed by atoms with Crippen molar-refractivity contribution >= 4 is 17.0 Å². The molecule has 0 spiro atoms. The molecule has 0 aromatic heterocycles. The molecule has 35 heavy (non-hydrogen) atoms. The number of nitriles is 1. The van der Waals surface area contributed by atoms with Crippen molar-refractivity contribution in [2.75, 3.05) is 25.0 Å². The molecule has 3 N–H and O–H groups in total. The lowest BCUT2D eigenvalue weighted by atomic mass is 9.90. The van der Waals surface area contributed by atoms with Gasteiger partial charge in [0, 0.05) is 36.9 Å². The molecule has 4 aliphatic rings. The van der Waals surface area contributed by atoms with Gasteiger partial charge in [0.15, 0.2) is 0 Å². The number of hydrazine groups is 2. The van der Waals surface area contributed by atoms with E-state index in [0.717, 1.165) is 43.4 Å². The highest BCUT2D eigenvalue weighted by Gasteiger charge is 2.31. The Bertz CT molecular complexity index is 1220. The predicted molar refractivity (Wildman–Crippen MR) is 141 cm³/mol. The van der Waals surface area contributed by atoms with Gasteiger partial charge >= 0.3 is 0 Å². The second-order valence-electron chi connectivity index (χ2n) is 10.3. The van der Waals surface area contributed by atoms with Gasteiger partial charge in [0.05, 0.1) is 29.1 Å². The number of rotatable bonds is 4. The highest BCUT2D eigenvalue weighted by molar-refractivity contribution is 5.76. The van der Waals surface area contributed by atoms with Crippen LogP contribution in [0, 0.1) is 11.3 Å². The molecule has 0 saturated heterocycles. The minimum Gasteiger partial charge on any atom is -0.378 e. The van der Waals surface area contributed by atoms with Gasteiger partial charge < -0.3 is 10.7 Å². The maximum absolute atomic E-state index is 9.36. The molecule has 6 rings (SSSR count). The fourth-order valence-electron chi connectivity index (χ4n) is 6.24. The van der Waals surface area contributed by atoms with Crippen LogP contribution in [0.1, 0.15) is 73.7 Å². The van der Waals surface area contributed by atoms with Crippen LogP contribution in [-0.2, 0) is 0 Å². The molecule has 0 bridgehead atoms. The van der Waals surface area contributed by atoms with Crippen molar-refractivity contribution in [1.82, 2.24) is 20.9 Å². The number of hydrogen-bond donors (Lipinski definition) is 3. The smallest absolute Gasteiger partial charge is 0.0992 e. The zero-order chi connectivity index (χ0) is 23.8. The van der Waals surface area contributed by atoms with Crippen LogP contribution in [0.3, 0.4) is 0 Å². The van der Waals surface area contributed by atoms with Gasteiger partial charge in [-0.15, -0.1) is 5.53 Å². The molecule has 2 aromatic rings. The predicted octanol–water partition coefficient (Wildman–Crippen LogP) is 5.16. The number of fused-ring (bicyclic) bond motifs is 3. The van der Waals surface area contributed by atoms with E-state index in [1.54, 1.807) is 0 Å². The van der Waals surface area contributed by atoms with E-state index in [1.165, 1.54) is 60.2 Å². The number of nitrogens with one attached hydrogen (secondary N) is 3. The third-order valence-electron chi connectivity index (χ3n) is 8.11. The summed E-state index contributed by atoms with van der Waals surface area (Å²) < 4.78 is 0. The van der Waals surface area contributed by atoms with Gasteiger partial charge in [0.25, 0.3) is 0 Å². The second-order valence-corrected chi connectivity index (χ2v) is 10.3. The van der Waals surface area contributed by atoms with E-state index in [0.29, 0.717) is 5.56 Å². The van der Waals surface area contributed by atoms with Crippen LogP contribution in [0.5, 0.6) is 0 Å². The first-order valence-corrected chi connectivity index (χ1v) is 13.0. The van der Waals surface area contributed by atoms with Gasteiger partial charge in [-0.2, -0.15) is 5.26 Å². The average molecular weight is 467 g/mol. The van der Waals surface area contributed by atoms with Crippen molar-refractivity contribution in [1.29, 1.82) is 5.26 Å². The van der Waals surface area contributed by atoms with Crippen molar-refractivity contribution in [2.24, 2.45) is 0 Å². The lowest BCUT2D eigenvalue weighted by molar-refractivity contribution is 0.219. The molecule has 1 atom stereocenters. The standard InChI is InChI=1S/C29H34N6/c1-20-29-26-10-9-23(22-11-14-34(15-12-22)25-7-2-3-8-25)18-27(26)28(13-16-35(29)33-32-20)31-24-6-4-5-21(17-24)19-30/h4-6,9-11,17-18,25,28,31-33H,2-3,7-8,12-16H2,1H3. The summed E-state index contributed by atoms with van der Waals surface area (Å²) in [6, 6.07) is 18.1. The number of nitrogens with zero attached hydrogens (tertiary/aromatic N) is 3. The van der Waals surface area contributed by atoms with Crippen molar-refractivity contribution in [3.8, 4) is 6.07 Å². The van der Waals surface area contributed by atoms with E-state index < -0.39 is 0 Å². The van der Waals surface area contributed by atoms with Gasteiger partial charge in [-0.1, -0.05) is 37.1 Å². The molecule has 0 radical (unpaired) electrons. The number of hydrogen-bond acceptors (Lipinski definition) is 6. The van der Waals surface area contributed by atoms with Gasteiger partial charge in [-0.25, -0.2) is 0 Å². The molecular weight excluding hydrogens is 432 g/mol. The zero-order valence-corrected chi connectivity index (χ0v) is 20.5. The van der Waals surface area contributed by atoms with Crippen LogP contribution in [0.4, 0.5) is 5.69 Å². The fraction of sp³-hybridized carbons (Fsp3) is 0.414. The van der Waals surface area contributed by atoms with E-state index >= 15 is 0 Å². The lowest BCUT2D eigenvalue weighted by Crippen LogP contribution is -2.37. The Morgan fingerprint density at radius 2 is 1.94 bits per heavy atom. The maximum Gasteiger partial charge on any atom is 0.0992 e.